The van der Waals surface area contributed by atoms with Gasteiger partial charge in [0.15, 0.2) is 0 Å². The number of hydrogen-bond donors (Lipinski definition) is 2. The van der Waals surface area contributed by atoms with Gasteiger partial charge < -0.3 is 10.5 Å². The third kappa shape index (κ3) is 3.27. The maximum atomic E-state index is 13.1. The Morgan fingerprint density at radius 1 is 1.15 bits per heavy atom. The van der Waals surface area contributed by atoms with Crippen LogP contribution in [-0.4, -0.2) is 8.42 Å². The summed E-state index contributed by atoms with van der Waals surface area (Å²) in [6.45, 7) is 0. The molecule has 0 aliphatic heterocycles. The van der Waals surface area contributed by atoms with Gasteiger partial charge in [-0.15, -0.1) is 0 Å². The van der Waals surface area contributed by atoms with Crippen LogP contribution in [0.3, 0.4) is 0 Å². The van der Waals surface area contributed by atoms with Crippen LogP contribution < -0.4 is 15.6 Å². The lowest BCUT2D eigenvalue weighted by molar-refractivity contribution is 0.473. The number of nitrogen functional groups attached to an aromatic ring is 1. The molecular weight excluding hydrogens is 351 g/mol. The molecule has 106 valence electrons. The van der Waals surface area contributed by atoms with E-state index in [9.17, 15) is 12.8 Å². The van der Waals surface area contributed by atoms with Crippen LogP contribution in [-0.2, 0) is 10.0 Å². The lowest BCUT2D eigenvalue weighted by atomic mass is 10.3. The van der Waals surface area contributed by atoms with Gasteiger partial charge >= 0.3 is 0 Å². The van der Waals surface area contributed by atoms with E-state index in [1.165, 1.54) is 36.4 Å². The van der Waals surface area contributed by atoms with Crippen molar-refractivity contribution in [2.45, 2.75) is 4.90 Å². The predicted molar refractivity (Wildman–Crippen MR) is 76.4 cm³/mol. The topological polar surface area (TPSA) is 95.4 Å². The lowest BCUT2D eigenvalue weighted by Crippen LogP contribution is -2.14. The Bertz CT molecular complexity index is 765. The van der Waals surface area contributed by atoms with Crippen LogP contribution in [0.15, 0.2) is 45.8 Å². The Morgan fingerprint density at radius 2 is 1.85 bits per heavy atom. The summed E-state index contributed by atoms with van der Waals surface area (Å²) in [5.41, 5.74) is 5.56. The number of sulfonamides is 1. The van der Waals surface area contributed by atoms with Gasteiger partial charge in [0.25, 0.3) is 0 Å². The van der Waals surface area contributed by atoms with Gasteiger partial charge in [-0.3, -0.25) is 0 Å². The second kappa shape index (κ2) is 5.39. The van der Waals surface area contributed by atoms with Crippen molar-refractivity contribution in [3.63, 3.8) is 0 Å². The Kier molecular flexibility index (Phi) is 3.98. The zero-order valence-corrected chi connectivity index (χ0v) is 12.4. The van der Waals surface area contributed by atoms with Crippen LogP contribution in [0.1, 0.15) is 0 Å². The molecule has 0 bridgehead atoms. The second-order valence-corrected chi connectivity index (χ2v) is 6.31. The highest BCUT2D eigenvalue weighted by molar-refractivity contribution is 9.10. The number of anilines is 1. The smallest absolute Gasteiger partial charge is 0.240 e. The van der Waals surface area contributed by atoms with E-state index in [0.29, 0.717) is 4.47 Å². The van der Waals surface area contributed by atoms with Crippen LogP contribution in [0.25, 0.3) is 0 Å². The molecule has 0 fully saturated rings. The minimum Gasteiger partial charge on any atom is -0.456 e. The minimum absolute atomic E-state index is 0.0440. The average molecular weight is 361 g/mol. The molecule has 0 aliphatic rings. The van der Waals surface area contributed by atoms with Crippen molar-refractivity contribution in [3.05, 3.63) is 46.7 Å². The lowest BCUT2D eigenvalue weighted by Gasteiger charge is -2.10. The highest BCUT2D eigenvalue weighted by atomic mass is 79.9. The van der Waals surface area contributed by atoms with Crippen molar-refractivity contribution in [3.8, 4) is 11.5 Å². The van der Waals surface area contributed by atoms with E-state index in [4.69, 9.17) is 15.6 Å². The second-order valence-electron chi connectivity index (χ2n) is 3.92. The number of ether oxygens (including phenoxy) is 1. The number of hydrogen-bond acceptors (Lipinski definition) is 4. The Balaban J connectivity index is 2.36. The third-order valence-electron chi connectivity index (χ3n) is 2.41. The molecule has 0 aliphatic carbocycles. The van der Waals surface area contributed by atoms with E-state index in [1.54, 1.807) is 0 Å². The molecule has 8 heteroatoms. The number of rotatable bonds is 3. The fraction of sp³-hybridized carbons (Fsp3) is 0. The molecule has 0 saturated heterocycles. The van der Waals surface area contributed by atoms with E-state index in [2.05, 4.69) is 15.9 Å². The SMILES string of the molecule is Nc1cc(Oc2cc(F)ccc2Br)ccc1S(N)(=O)=O. The molecular formula is C12H10BrFN2O3S. The first kappa shape index (κ1) is 14.8. The summed E-state index contributed by atoms with van der Waals surface area (Å²) in [4.78, 5) is -0.192. The first-order valence-corrected chi connectivity index (χ1v) is 7.66. The van der Waals surface area contributed by atoms with Gasteiger partial charge in [0.1, 0.15) is 22.2 Å². The van der Waals surface area contributed by atoms with Crippen LogP contribution in [0.5, 0.6) is 11.5 Å². The van der Waals surface area contributed by atoms with Gasteiger partial charge in [-0.1, -0.05) is 0 Å². The van der Waals surface area contributed by atoms with Crippen LogP contribution in [0.4, 0.5) is 10.1 Å². The number of halogens is 2. The minimum atomic E-state index is -3.89. The normalized spacial score (nSPS) is 11.3. The molecule has 2 aromatic rings. The van der Waals surface area contributed by atoms with Gasteiger partial charge in [-0.25, -0.2) is 17.9 Å². The van der Waals surface area contributed by atoms with Crippen LogP contribution >= 0.6 is 15.9 Å². The van der Waals surface area contributed by atoms with Gasteiger partial charge in [-0.2, -0.15) is 0 Å². The molecule has 2 aromatic carbocycles. The van der Waals surface area contributed by atoms with Gasteiger partial charge in [-0.05, 0) is 40.2 Å². The molecule has 0 heterocycles. The Morgan fingerprint density at radius 3 is 2.45 bits per heavy atom. The highest BCUT2D eigenvalue weighted by Gasteiger charge is 2.13. The van der Waals surface area contributed by atoms with Crippen molar-refractivity contribution in [1.82, 2.24) is 0 Å². The summed E-state index contributed by atoms with van der Waals surface area (Å²) in [5, 5.41) is 5.00. The van der Waals surface area contributed by atoms with Crippen molar-refractivity contribution < 1.29 is 17.5 Å². The first-order valence-electron chi connectivity index (χ1n) is 5.32. The highest BCUT2D eigenvalue weighted by Crippen LogP contribution is 2.32. The van der Waals surface area contributed by atoms with E-state index in [-0.39, 0.29) is 22.1 Å². The molecule has 0 spiro atoms. The van der Waals surface area contributed by atoms with Crippen LogP contribution in [0, 0.1) is 5.82 Å². The predicted octanol–water partition coefficient (Wildman–Crippen LogP) is 2.61. The maximum absolute atomic E-state index is 13.1. The largest absolute Gasteiger partial charge is 0.456 e. The quantitative estimate of drug-likeness (QED) is 0.822. The molecule has 20 heavy (non-hydrogen) atoms. The Labute approximate surface area is 123 Å². The average Bonchev–Trinajstić information content (AvgIpc) is 2.32. The fourth-order valence-electron chi connectivity index (χ4n) is 1.53. The van der Waals surface area contributed by atoms with E-state index in [0.717, 1.165) is 0 Å². The van der Waals surface area contributed by atoms with E-state index < -0.39 is 15.8 Å². The maximum Gasteiger partial charge on any atom is 0.240 e. The Hall–Kier alpha value is -1.64. The van der Waals surface area contributed by atoms with Crippen LogP contribution in [0.2, 0.25) is 0 Å². The summed E-state index contributed by atoms with van der Waals surface area (Å²) in [7, 11) is -3.89. The molecule has 0 unspecified atom stereocenters. The number of nitrogens with two attached hydrogens (primary N) is 2. The standard InChI is InChI=1S/C12H10BrFN2O3S/c13-9-3-1-7(14)5-11(9)19-8-2-4-12(10(15)6-8)20(16,17)18/h1-6H,15H2,(H2,16,17,18). The molecule has 0 atom stereocenters. The zero-order chi connectivity index (χ0) is 14.9. The van der Waals surface area contributed by atoms with Gasteiger partial charge in [0.2, 0.25) is 10.0 Å². The van der Waals surface area contributed by atoms with Crippen molar-refractivity contribution in [2.24, 2.45) is 5.14 Å². The number of benzene rings is 2. The zero-order valence-electron chi connectivity index (χ0n) is 10.0. The molecule has 4 N–H and O–H groups in total. The summed E-state index contributed by atoms with van der Waals surface area (Å²) in [6, 6.07) is 7.87. The van der Waals surface area contributed by atoms with E-state index in [1.807, 2.05) is 0 Å². The molecule has 5 nitrogen and oxygen atoms in total. The molecule has 0 radical (unpaired) electrons. The summed E-state index contributed by atoms with van der Waals surface area (Å²) in [5.74, 6) is 0.0475. The molecule has 0 aromatic heterocycles. The fourth-order valence-corrected chi connectivity index (χ4v) is 2.50. The van der Waals surface area contributed by atoms with Crippen molar-refractivity contribution >= 4 is 31.6 Å². The first-order chi connectivity index (χ1) is 9.27. The molecule has 0 saturated carbocycles. The van der Waals surface area contributed by atoms with Gasteiger partial charge in [0.05, 0.1) is 10.2 Å². The van der Waals surface area contributed by atoms with E-state index >= 15 is 0 Å². The summed E-state index contributed by atoms with van der Waals surface area (Å²) in [6.07, 6.45) is 0. The summed E-state index contributed by atoms with van der Waals surface area (Å²) >= 11 is 3.21. The third-order valence-corrected chi connectivity index (χ3v) is 4.05. The molecule has 2 rings (SSSR count). The molecule has 0 amide bonds. The van der Waals surface area contributed by atoms with Crippen molar-refractivity contribution in [2.75, 3.05) is 5.73 Å². The number of primary sulfonamides is 1. The van der Waals surface area contributed by atoms with Crippen molar-refractivity contribution in [1.29, 1.82) is 0 Å². The summed E-state index contributed by atoms with van der Waals surface area (Å²) < 4.78 is 41.6. The van der Waals surface area contributed by atoms with Gasteiger partial charge in [0, 0.05) is 12.1 Å². The monoisotopic (exact) mass is 360 g/mol.